The van der Waals surface area contributed by atoms with Crippen molar-refractivity contribution >= 4 is 0 Å². The molecular weight excluding hydrogens is 184 g/mol. The van der Waals surface area contributed by atoms with E-state index in [4.69, 9.17) is 0 Å². The second kappa shape index (κ2) is 4.42. The maximum atomic E-state index is 3.30. The number of nitrogens with zero attached hydrogens (tertiary/aromatic N) is 1. The Morgan fingerprint density at radius 1 is 1.40 bits per heavy atom. The van der Waals surface area contributed by atoms with Gasteiger partial charge < -0.3 is 10.2 Å². The monoisotopic (exact) mass is 210 g/mol. The van der Waals surface area contributed by atoms with Gasteiger partial charge in [0.1, 0.15) is 0 Å². The molecule has 1 atom stereocenters. The van der Waals surface area contributed by atoms with Gasteiger partial charge in [-0.1, -0.05) is 13.8 Å². The first-order chi connectivity index (χ1) is 7.16. The van der Waals surface area contributed by atoms with E-state index in [1.165, 1.54) is 45.4 Å². The van der Waals surface area contributed by atoms with E-state index >= 15 is 0 Å². The Morgan fingerprint density at radius 3 is 2.67 bits per heavy atom. The van der Waals surface area contributed by atoms with Gasteiger partial charge in [-0.15, -0.1) is 0 Å². The molecule has 0 aromatic rings. The highest BCUT2D eigenvalue weighted by Gasteiger charge is 2.46. The van der Waals surface area contributed by atoms with Gasteiger partial charge >= 0.3 is 0 Å². The summed E-state index contributed by atoms with van der Waals surface area (Å²) >= 11 is 0. The van der Waals surface area contributed by atoms with Crippen molar-refractivity contribution in [1.82, 2.24) is 10.2 Å². The van der Waals surface area contributed by atoms with Crippen molar-refractivity contribution in [3.05, 3.63) is 0 Å². The summed E-state index contributed by atoms with van der Waals surface area (Å²) in [5.74, 6) is 1.78. The van der Waals surface area contributed by atoms with E-state index in [1.54, 1.807) is 0 Å². The van der Waals surface area contributed by atoms with Gasteiger partial charge in [0, 0.05) is 13.1 Å². The van der Waals surface area contributed by atoms with Gasteiger partial charge in [0.15, 0.2) is 0 Å². The van der Waals surface area contributed by atoms with Gasteiger partial charge in [-0.2, -0.15) is 0 Å². The van der Waals surface area contributed by atoms with Gasteiger partial charge in [-0.05, 0) is 56.7 Å². The molecule has 0 amide bonds. The van der Waals surface area contributed by atoms with Crippen molar-refractivity contribution in [2.75, 3.05) is 33.2 Å². The van der Waals surface area contributed by atoms with Crippen molar-refractivity contribution in [3.63, 3.8) is 0 Å². The van der Waals surface area contributed by atoms with Crippen LogP contribution in [0.15, 0.2) is 0 Å². The van der Waals surface area contributed by atoms with Crippen LogP contribution in [0, 0.1) is 17.3 Å². The van der Waals surface area contributed by atoms with E-state index in [-0.39, 0.29) is 0 Å². The van der Waals surface area contributed by atoms with E-state index in [1.807, 2.05) is 0 Å². The zero-order valence-electron chi connectivity index (χ0n) is 10.6. The quantitative estimate of drug-likeness (QED) is 0.746. The van der Waals surface area contributed by atoms with E-state index < -0.39 is 0 Å². The first-order valence-corrected chi connectivity index (χ1v) is 6.53. The fourth-order valence-corrected chi connectivity index (χ4v) is 3.04. The minimum atomic E-state index is 0.703. The Hall–Kier alpha value is -0.0800. The minimum absolute atomic E-state index is 0.703. The van der Waals surface area contributed by atoms with Crippen LogP contribution in [0.2, 0.25) is 0 Å². The van der Waals surface area contributed by atoms with E-state index in [0.29, 0.717) is 5.41 Å². The molecule has 0 radical (unpaired) electrons. The lowest BCUT2D eigenvalue weighted by atomic mass is 9.92. The molecule has 2 nitrogen and oxygen atoms in total. The molecule has 0 spiro atoms. The van der Waals surface area contributed by atoms with Crippen molar-refractivity contribution in [2.24, 2.45) is 17.3 Å². The Kier molecular flexibility index (Phi) is 3.36. The van der Waals surface area contributed by atoms with Crippen molar-refractivity contribution < 1.29 is 0 Å². The second-order valence-corrected chi connectivity index (χ2v) is 5.96. The summed E-state index contributed by atoms with van der Waals surface area (Å²) in [5.41, 5.74) is 0.703. The highest BCUT2D eigenvalue weighted by molar-refractivity contribution is 4.98. The third-order valence-corrected chi connectivity index (χ3v) is 4.52. The van der Waals surface area contributed by atoms with Crippen LogP contribution in [0.1, 0.15) is 33.1 Å². The smallest absolute Gasteiger partial charge is 0.00406 e. The van der Waals surface area contributed by atoms with Gasteiger partial charge in [0.2, 0.25) is 0 Å². The van der Waals surface area contributed by atoms with Crippen LogP contribution < -0.4 is 5.32 Å². The zero-order chi connectivity index (χ0) is 10.9. The molecule has 88 valence electrons. The number of nitrogens with one attached hydrogen (secondary N) is 1. The highest BCUT2D eigenvalue weighted by atomic mass is 15.2. The minimum Gasteiger partial charge on any atom is -0.319 e. The van der Waals surface area contributed by atoms with Crippen molar-refractivity contribution in [2.45, 2.75) is 33.1 Å². The lowest BCUT2D eigenvalue weighted by Crippen LogP contribution is -2.32. The van der Waals surface area contributed by atoms with Gasteiger partial charge in [-0.25, -0.2) is 0 Å². The molecule has 2 rings (SSSR count). The molecule has 1 unspecified atom stereocenters. The molecule has 1 saturated heterocycles. The first kappa shape index (κ1) is 11.4. The lowest BCUT2D eigenvalue weighted by Gasteiger charge is -2.26. The fraction of sp³-hybridized carbons (Fsp3) is 1.00. The number of likely N-dealkylation sites (tertiary alicyclic amines) is 1. The maximum Gasteiger partial charge on any atom is 0.00406 e. The van der Waals surface area contributed by atoms with Crippen LogP contribution in [0.3, 0.4) is 0 Å². The van der Waals surface area contributed by atoms with Gasteiger partial charge in [0.05, 0.1) is 0 Å². The van der Waals surface area contributed by atoms with Crippen LogP contribution in [0.4, 0.5) is 0 Å². The Bertz CT molecular complexity index is 209. The topological polar surface area (TPSA) is 15.3 Å². The molecule has 0 aromatic heterocycles. The number of hydrogen-bond acceptors (Lipinski definition) is 2. The first-order valence-electron chi connectivity index (χ1n) is 6.53. The predicted octanol–water partition coefficient (Wildman–Crippen LogP) is 1.96. The molecule has 0 bridgehead atoms. The summed E-state index contributed by atoms with van der Waals surface area (Å²) in [6.45, 7) is 10.0. The maximum absolute atomic E-state index is 3.30. The molecule has 2 aliphatic rings. The Morgan fingerprint density at radius 2 is 2.13 bits per heavy atom. The largest absolute Gasteiger partial charge is 0.319 e. The molecule has 1 N–H and O–H groups in total. The second-order valence-electron chi connectivity index (χ2n) is 5.96. The summed E-state index contributed by atoms with van der Waals surface area (Å²) in [6.07, 6.45) is 4.34. The molecule has 1 aliphatic carbocycles. The Labute approximate surface area is 94.4 Å². The van der Waals surface area contributed by atoms with Crippen LogP contribution in [-0.2, 0) is 0 Å². The van der Waals surface area contributed by atoms with Gasteiger partial charge in [0.25, 0.3) is 0 Å². The van der Waals surface area contributed by atoms with Crippen molar-refractivity contribution in [3.8, 4) is 0 Å². The third kappa shape index (κ3) is 2.54. The van der Waals surface area contributed by atoms with Crippen LogP contribution >= 0.6 is 0 Å². The summed E-state index contributed by atoms with van der Waals surface area (Å²) in [7, 11) is 2.07. The predicted molar refractivity (Wildman–Crippen MR) is 65.0 cm³/mol. The molecule has 1 heterocycles. The number of rotatable bonds is 5. The summed E-state index contributed by atoms with van der Waals surface area (Å²) in [5, 5.41) is 3.30. The van der Waals surface area contributed by atoms with Crippen LogP contribution in [-0.4, -0.2) is 38.1 Å². The SMILES string of the molecule is CNCC1CCN(CC2(C(C)C)CC2)C1. The van der Waals surface area contributed by atoms with E-state index in [9.17, 15) is 0 Å². The summed E-state index contributed by atoms with van der Waals surface area (Å²) in [6, 6.07) is 0. The summed E-state index contributed by atoms with van der Waals surface area (Å²) < 4.78 is 0. The highest BCUT2D eigenvalue weighted by Crippen LogP contribution is 2.52. The standard InChI is InChI=1S/C13H26N2/c1-11(2)13(5-6-13)10-15-7-4-12(9-15)8-14-3/h11-12,14H,4-10H2,1-3H3. The average Bonchev–Trinajstić information content (AvgIpc) is 2.83. The van der Waals surface area contributed by atoms with Crippen LogP contribution in [0.5, 0.6) is 0 Å². The van der Waals surface area contributed by atoms with Crippen LogP contribution in [0.25, 0.3) is 0 Å². The van der Waals surface area contributed by atoms with Crippen molar-refractivity contribution in [1.29, 1.82) is 0 Å². The normalized spacial score (nSPS) is 30.0. The third-order valence-electron chi connectivity index (χ3n) is 4.52. The molecule has 2 fully saturated rings. The molecule has 1 saturated carbocycles. The van der Waals surface area contributed by atoms with E-state index in [2.05, 4.69) is 31.1 Å². The molecular formula is C13H26N2. The molecule has 2 heteroatoms. The Balaban J connectivity index is 1.77. The molecule has 0 aromatic carbocycles. The lowest BCUT2D eigenvalue weighted by molar-refractivity contribution is 0.212. The van der Waals surface area contributed by atoms with Gasteiger partial charge in [-0.3, -0.25) is 0 Å². The zero-order valence-corrected chi connectivity index (χ0v) is 10.6. The average molecular weight is 210 g/mol. The summed E-state index contributed by atoms with van der Waals surface area (Å²) in [4.78, 5) is 2.70. The number of hydrogen-bond donors (Lipinski definition) is 1. The molecule has 15 heavy (non-hydrogen) atoms. The molecule has 1 aliphatic heterocycles. The van der Waals surface area contributed by atoms with E-state index in [0.717, 1.165) is 11.8 Å². The fourth-order valence-electron chi connectivity index (χ4n) is 3.04.